The van der Waals surface area contributed by atoms with Crippen LogP contribution in [0.15, 0.2) is 0 Å². The fourth-order valence-corrected chi connectivity index (χ4v) is 10.7. The Kier molecular flexibility index (Phi) is 9.17. The average Bonchev–Trinajstić information content (AvgIpc) is 3.01. The molecule has 0 nitrogen and oxygen atoms in total. The molecule has 0 bridgehead atoms. The van der Waals surface area contributed by atoms with Crippen LogP contribution in [0.2, 0.25) is 0 Å². The molecule has 0 amide bonds. The Hall–Kier alpha value is 1.46. The number of fused-ring (bicyclic) bond motifs is 3. The minimum Gasteiger partial charge on any atom is -0.0864 e. The van der Waals surface area contributed by atoms with Crippen LogP contribution in [0.1, 0.15) is 105 Å². The molecule has 0 N–H and O–H groups in total. The van der Waals surface area contributed by atoms with Gasteiger partial charge in [0.2, 0.25) is 0 Å². The van der Waals surface area contributed by atoms with Gasteiger partial charge in [0.25, 0.3) is 0 Å². The third kappa shape index (κ3) is 5.03. The first-order chi connectivity index (χ1) is 13.8. The van der Waals surface area contributed by atoms with E-state index in [4.69, 9.17) is 0 Å². The first kappa shape index (κ1) is 25.1. The van der Waals surface area contributed by atoms with Gasteiger partial charge in [0.1, 0.15) is 0 Å². The highest BCUT2D eigenvalue weighted by molar-refractivity contribution is 14.1. The van der Waals surface area contributed by atoms with Crippen LogP contribution in [-0.4, -0.2) is 8.86 Å². The third-order valence-electron chi connectivity index (χ3n) is 10.4. The van der Waals surface area contributed by atoms with Gasteiger partial charge >= 0.3 is 0 Å². The second-order valence-corrected chi connectivity index (χ2v) is 14.3. The van der Waals surface area contributed by atoms with E-state index in [1.165, 1.54) is 66.6 Å². The van der Waals surface area contributed by atoms with E-state index in [1.807, 2.05) is 0 Å². The summed E-state index contributed by atoms with van der Waals surface area (Å²) in [6.45, 7) is 12.9. The number of hydrogen-bond acceptors (Lipinski definition) is 0. The van der Waals surface area contributed by atoms with Gasteiger partial charge in [0, 0.05) is 4.43 Å². The summed E-state index contributed by atoms with van der Waals surface area (Å²) in [4.78, 5) is 0. The lowest BCUT2D eigenvalue weighted by Crippen LogP contribution is -2.52. The highest BCUT2D eigenvalue weighted by Gasteiger charge is 2.59. The lowest BCUT2D eigenvalue weighted by atomic mass is 9.46. The Balaban J connectivity index is 1.73. The minimum atomic E-state index is 0.623. The predicted molar refractivity (Wildman–Crippen MR) is 146 cm³/mol. The lowest BCUT2D eigenvalue weighted by Gasteiger charge is -2.59. The molecule has 0 aromatic carbocycles. The quantitative estimate of drug-likeness (QED) is 0.177. The molecule has 3 saturated carbocycles. The number of alkyl halides is 2. The largest absolute Gasteiger partial charge is 0.0864 e. The summed E-state index contributed by atoms with van der Waals surface area (Å²) in [5.41, 5.74) is 1.28. The molecule has 6 unspecified atom stereocenters. The van der Waals surface area contributed by atoms with Crippen LogP contribution < -0.4 is 0 Å². The zero-order valence-electron chi connectivity index (χ0n) is 20.0. The Morgan fingerprint density at radius 1 is 0.862 bits per heavy atom. The van der Waals surface area contributed by atoms with Gasteiger partial charge in [-0.3, -0.25) is 0 Å². The maximum absolute atomic E-state index is 2.75. The average molecular weight is 626 g/mol. The second kappa shape index (κ2) is 10.6. The topological polar surface area (TPSA) is 0 Å². The number of hydrogen-bond donors (Lipinski definition) is 0. The zero-order valence-corrected chi connectivity index (χ0v) is 24.3. The van der Waals surface area contributed by atoms with Gasteiger partial charge in [-0.1, -0.05) is 99.1 Å². The molecule has 8 atom stereocenters. The molecule has 0 saturated heterocycles. The molecule has 3 fully saturated rings. The molecule has 0 radical (unpaired) electrons. The van der Waals surface area contributed by atoms with Gasteiger partial charge in [0.05, 0.1) is 0 Å². The highest BCUT2D eigenvalue weighted by Crippen LogP contribution is 2.67. The monoisotopic (exact) mass is 626 g/mol. The van der Waals surface area contributed by atoms with Gasteiger partial charge in [-0.25, -0.2) is 0 Å². The molecule has 0 heterocycles. The number of halogens is 2. The van der Waals surface area contributed by atoms with E-state index in [-0.39, 0.29) is 0 Å². The minimum absolute atomic E-state index is 0.623. The fourth-order valence-electron chi connectivity index (χ4n) is 8.76. The van der Waals surface area contributed by atoms with Crippen molar-refractivity contribution >= 4 is 45.2 Å². The van der Waals surface area contributed by atoms with Crippen molar-refractivity contribution in [2.45, 2.75) is 105 Å². The summed E-state index contributed by atoms with van der Waals surface area (Å²) < 4.78 is 2.71. The SMILES string of the molecule is CC(C)CCC[C@@H](C)C1CCC2C3CC[C@@H](CCI)C(C)(CCI)C3CCC21C. The van der Waals surface area contributed by atoms with E-state index in [1.54, 1.807) is 12.8 Å². The molecule has 3 aliphatic carbocycles. The lowest BCUT2D eigenvalue weighted by molar-refractivity contribution is -0.101. The second-order valence-electron chi connectivity index (χ2n) is 12.1. The summed E-state index contributed by atoms with van der Waals surface area (Å²) in [6.07, 6.45) is 16.5. The maximum Gasteiger partial charge on any atom is 0.0000661 e. The Bertz CT molecular complexity index is 517. The normalized spacial score (nSPS) is 43.2. The van der Waals surface area contributed by atoms with Crippen molar-refractivity contribution in [3.8, 4) is 0 Å². The van der Waals surface area contributed by atoms with Crippen LogP contribution in [0.5, 0.6) is 0 Å². The van der Waals surface area contributed by atoms with Gasteiger partial charge in [-0.05, 0) is 108 Å². The van der Waals surface area contributed by atoms with Crippen molar-refractivity contribution in [2.24, 2.45) is 52.3 Å². The molecule has 0 aromatic heterocycles. The van der Waals surface area contributed by atoms with Gasteiger partial charge in [-0.2, -0.15) is 0 Å². The first-order valence-electron chi connectivity index (χ1n) is 12.9. The standard InChI is InChI=1S/C27H48I2/c1-19(2)7-6-8-20(3)23-11-12-24-22-10-9-21(14-17-28)26(4,16-18-29)25(22)13-15-27(23,24)5/h19-25H,6-18H2,1-5H3/t20-,21+,22?,23?,24?,25?,26?,27?/m1/s1. The van der Waals surface area contributed by atoms with Crippen molar-refractivity contribution in [1.82, 2.24) is 0 Å². The summed E-state index contributed by atoms with van der Waals surface area (Å²) in [7, 11) is 0. The van der Waals surface area contributed by atoms with E-state index in [0.29, 0.717) is 10.8 Å². The molecule has 170 valence electrons. The molecular weight excluding hydrogens is 578 g/mol. The summed E-state index contributed by atoms with van der Waals surface area (Å²) in [5.74, 6) is 6.91. The van der Waals surface area contributed by atoms with Crippen molar-refractivity contribution in [3.05, 3.63) is 0 Å². The van der Waals surface area contributed by atoms with E-state index in [9.17, 15) is 0 Å². The van der Waals surface area contributed by atoms with Crippen molar-refractivity contribution in [1.29, 1.82) is 0 Å². The van der Waals surface area contributed by atoms with Crippen LogP contribution in [-0.2, 0) is 0 Å². The number of rotatable bonds is 9. The molecule has 0 aromatic rings. The molecule has 3 rings (SSSR count). The van der Waals surface area contributed by atoms with Crippen molar-refractivity contribution in [2.75, 3.05) is 8.86 Å². The van der Waals surface area contributed by atoms with E-state index in [2.05, 4.69) is 79.8 Å². The van der Waals surface area contributed by atoms with E-state index >= 15 is 0 Å². The zero-order chi connectivity index (χ0) is 21.2. The molecule has 29 heavy (non-hydrogen) atoms. The van der Waals surface area contributed by atoms with Crippen LogP contribution in [0.25, 0.3) is 0 Å². The molecular formula is C27H48I2. The third-order valence-corrected chi connectivity index (χ3v) is 11.5. The van der Waals surface area contributed by atoms with Crippen LogP contribution in [0, 0.1) is 52.3 Å². The maximum atomic E-state index is 2.75. The van der Waals surface area contributed by atoms with Gasteiger partial charge < -0.3 is 0 Å². The molecule has 0 aliphatic heterocycles. The highest BCUT2D eigenvalue weighted by atomic mass is 127. The van der Waals surface area contributed by atoms with Crippen molar-refractivity contribution < 1.29 is 0 Å². The van der Waals surface area contributed by atoms with Crippen molar-refractivity contribution in [3.63, 3.8) is 0 Å². The smallest absolute Gasteiger partial charge is 0.0000661 e. The fraction of sp³-hybridized carbons (Fsp3) is 1.00. The van der Waals surface area contributed by atoms with Gasteiger partial charge in [0.15, 0.2) is 0 Å². The van der Waals surface area contributed by atoms with E-state index < -0.39 is 0 Å². The molecule has 0 spiro atoms. The summed E-state index contributed by atoms with van der Waals surface area (Å²) in [6, 6.07) is 0. The molecule has 3 aliphatic rings. The van der Waals surface area contributed by atoms with Gasteiger partial charge in [-0.15, -0.1) is 0 Å². The van der Waals surface area contributed by atoms with Crippen LogP contribution in [0.3, 0.4) is 0 Å². The van der Waals surface area contributed by atoms with E-state index in [0.717, 1.165) is 41.4 Å². The molecule has 2 heteroatoms. The summed E-state index contributed by atoms with van der Waals surface area (Å²) in [5, 5.41) is 0. The first-order valence-corrected chi connectivity index (χ1v) is 15.9. The van der Waals surface area contributed by atoms with Crippen LogP contribution in [0.4, 0.5) is 0 Å². The Morgan fingerprint density at radius 2 is 1.62 bits per heavy atom. The van der Waals surface area contributed by atoms with Crippen LogP contribution >= 0.6 is 45.2 Å². The Morgan fingerprint density at radius 3 is 2.28 bits per heavy atom. The Labute approximate surface area is 210 Å². The predicted octanol–water partition coefficient (Wildman–Crippen LogP) is 9.57. The summed E-state index contributed by atoms with van der Waals surface area (Å²) >= 11 is 5.29.